The third kappa shape index (κ3) is 7.08. The first-order valence-corrected chi connectivity index (χ1v) is 14.0. The highest BCUT2D eigenvalue weighted by Crippen LogP contribution is 2.30. The fraction of sp³-hybridized carbons (Fsp3) is 0.176. The summed E-state index contributed by atoms with van der Waals surface area (Å²) in [5.74, 6) is 0.356. The molecule has 9 nitrogen and oxygen atoms in total. The van der Waals surface area contributed by atoms with E-state index >= 15 is 0 Å². The molecule has 0 aromatic heterocycles. The van der Waals surface area contributed by atoms with Crippen molar-refractivity contribution in [2.75, 3.05) is 30.9 Å². The van der Waals surface area contributed by atoms with Crippen LogP contribution >= 0.6 is 0 Å². The molecule has 0 bridgehead atoms. The van der Waals surface area contributed by atoms with E-state index in [0.29, 0.717) is 52.7 Å². The van der Waals surface area contributed by atoms with Gasteiger partial charge in [0.05, 0.1) is 19.4 Å². The molecule has 1 aliphatic rings. The minimum Gasteiger partial charge on any atom is -0.493 e. The number of nitrogens with one attached hydrogen (secondary N) is 2. The number of hydrogen-bond donors (Lipinski definition) is 2. The van der Waals surface area contributed by atoms with Gasteiger partial charge in [-0.3, -0.25) is 14.4 Å². The van der Waals surface area contributed by atoms with Crippen LogP contribution in [0.3, 0.4) is 0 Å². The third-order valence-electron chi connectivity index (χ3n) is 6.84. The SMILES string of the molecule is CCOc1cc(C2=NN(C(=O)c3cccc(NC(=O)c4cccc(NC(=O)c5ccccc5)c4)c3)CCC2)ccc1OC. The summed E-state index contributed by atoms with van der Waals surface area (Å²) in [6.07, 6.45) is 1.48. The summed E-state index contributed by atoms with van der Waals surface area (Å²) in [6.45, 7) is 2.89. The lowest BCUT2D eigenvalue weighted by Gasteiger charge is -2.24. The van der Waals surface area contributed by atoms with Crippen molar-refractivity contribution in [3.05, 3.63) is 119 Å². The van der Waals surface area contributed by atoms with Crippen LogP contribution in [-0.4, -0.2) is 48.7 Å². The summed E-state index contributed by atoms with van der Waals surface area (Å²) in [4.78, 5) is 39.0. The molecule has 0 unspecified atom stereocenters. The Bertz CT molecular complexity index is 1670. The normalized spacial score (nSPS) is 12.6. The van der Waals surface area contributed by atoms with E-state index in [-0.39, 0.29) is 17.7 Å². The van der Waals surface area contributed by atoms with Crippen LogP contribution in [0.4, 0.5) is 11.4 Å². The number of carbonyl (C=O) groups is 3. The molecule has 4 aromatic carbocycles. The van der Waals surface area contributed by atoms with E-state index in [0.717, 1.165) is 24.1 Å². The minimum absolute atomic E-state index is 0.266. The Morgan fingerprint density at radius 1 is 0.767 bits per heavy atom. The number of anilines is 2. The van der Waals surface area contributed by atoms with Crippen LogP contribution in [0, 0.1) is 0 Å². The molecule has 0 spiro atoms. The van der Waals surface area contributed by atoms with E-state index in [9.17, 15) is 14.4 Å². The van der Waals surface area contributed by atoms with Gasteiger partial charge >= 0.3 is 0 Å². The van der Waals surface area contributed by atoms with Crippen LogP contribution in [0.2, 0.25) is 0 Å². The Morgan fingerprint density at radius 2 is 1.42 bits per heavy atom. The molecule has 0 atom stereocenters. The topological polar surface area (TPSA) is 109 Å². The maximum Gasteiger partial charge on any atom is 0.274 e. The van der Waals surface area contributed by atoms with Gasteiger partial charge < -0.3 is 20.1 Å². The summed E-state index contributed by atoms with van der Waals surface area (Å²) in [6, 6.07) is 27.9. The zero-order chi connectivity index (χ0) is 30.2. The summed E-state index contributed by atoms with van der Waals surface area (Å²) in [5.41, 5.74) is 3.89. The molecule has 218 valence electrons. The number of hydrazone groups is 1. The van der Waals surface area contributed by atoms with Gasteiger partial charge in [0.25, 0.3) is 17.7 Å². The van der Waals surface area contributed by atoms with Crippen LogP contribution in [-0.2, 0) is 0 Å². The van der Waals surface area contributed by atoms with Gasteiger partial charge in [0.15, 0.2) is 11.5 Å². The Hall–Kier alpha value is -5.44. The van der Waals surface area contributed by atoms with Crippen LogP contribution < -0.4 is 20.1 Å². The molecule has 0 aliphatic carbocycles. The number of benzene rings is 4. The predicted molar refractivity (Wildman–Crippen MR) is 166 cm³/mol. The smallest absolute Gasteiger partial charge is 0.274 e. The molecule has 9 heteroatoms. The lowest BCUT2D eigenvalue weighted by Crippen LogP contribution is -2.32. The van der Waals surface area contributed by atoms with Crippen molar-refractivity contribution < 1.29 is 23.9 Å². The van der Waals surface area contributed by atoms with Crippen molar-refractivity contribution in [3.8, 4) is 11.5 Å². The van der Waals surface area contributed by atoms with Gasteiger partial charge in [-0.15, -0.1) is 0 Å². The fourth-order valence-corrected chi connectivity index (χ4v) is 4.73. The van der Waals surface area contributed by atoms with Gasteiger partial charge in [0, 0.05) is 40.2 Å². The van der Waals surface area contributed by atoms with E-state index < -0.39 is 0 Å². The molecule has 3 amide bonds. The van der Waals surface area contributed by atoms with Crippen LogP contribution in [0.15, 0.2) is 102 Å². The lowest BCUT2D eigenvalue weighted by atomic mass is 10.0. The van der Waals surface area contributed by atoms with Crippen molar-refractivity contribution in [1.29, 1.82) is 0 Å². The highest BCUT2D eigenvalue weighted by Gasteiger charge is 2.22. The highest BCUT2D eigenvalue weighted by molar-refractivity contribution is 6.08. The predicted octanol–water partition coefficient (Wildman–Crippen LogP) is 6.24. The van der Waals surface area contributed by atoms with E-state index in [1.807, 2.05) is 31.2 Å². The second kappa shape index (κ2) is 13.5. The molecule has 0 radical (unpaired) electrons. The van der Waals surface area contributed by atoms with Crippen LogP contribution in [0.5, 0.6) is 11.5 Å². The number of rotatable bonds is 9. The summed E-state index contributed by atoms with van der Waals surface area (Å²) in [7, 11) is 1.59. The number of ether oxygens (including phenoxy) is 2. The number of carbonyl (C=O) groups excluding carboxylic acids is 3. The monoisotopic (exact) mass is 576 g/mol. The standard InChI is InChI=1S/C34H32N4O5/c1-3-43-31-22-24(17-18-30(31)42-2)29-16-9-19-38(37-29)34(41)26-13-8-15-28(21-26)36-33(40)25-12-7-14-27(20-25)35-32(39)23-10-5-4-6-11-23/h4-8,10-15,17-18,20-22H,3,9,16,19H2,1-2H3,(H,35,39)(H,36,40). The molecule has 1 aliphatic heterocycles. The van der Waals surface area contributed by atoms with Crippen molar-refractivity contribution in [2.45, 2.75) is 19.8 Å². The van der Waals surface area contributed by atoms with Crippen LogP contribution in [0.25, 0.3) is 0 Å². The molecule has 2 N–H and O–H groups in total. The molecule has 43 heavy (non-hydrogen) atoms. The maximum absolute atomic E-state index is 13.4. The Morgan fingerprint density at radius 3 is 2.12 bits per heavy atom. The number of hydrogen-bond acceptors (Lipinski definition) is 6. The van der Waals surface area contributed by atoms with Gasteiger partial charge in [0.1, 0.15) is 0 Å². The second-order valence-electron chi connectivity index (χ2n) is 9.81. The van der Waals surface area contributed by atoms with Crippen molar-refractivity contribution >= 4 is 34.8 Å². The quantitative estimate of drug-likeness (QED) is 0.245. The van der Waals surface area contributed by atoms with Crippen molar-refractivity contribution in [3.63, 3.8) is 0 Å². The molecule has 5 rings (SSSR count). The largest absolute Gasteiger partial charge is 0.493 e. The first kappa shape index (κ1) is 29.1. The molecular formula is C34H32N4O5. The zero-order valence-corrected chi connectivity index (χ0v) is 24.0. The molecule has 0 saturated heterocycles. The Labute approximate surface area is 250 Å². The second-order valence-corrected chi connectivity index (χ2v) is 9.81. The average molecular weight is 577 g/mol. The molecule has 0 fully saturated rings. The molecule has 1 heterocycles. The number of nitrogens with zero attached hydrogens (tertiary/aromatic N) is 2. The van der Waals surface area contributed by atoms with Gasteiger partial charge in [0.2, 0.25) is 0 Å². The molecule has 4 aromatic rings. The summed E-state index contributed by atoms with van der Waals surface area (Å²) < 4.78 is 11.1. The first-order chi connectivity index (χ1) is 20.9. The van der Waals surface area contributed by atoms with Gasteiger partial charge in [-0.05, 0) is 86.5 Å². The van der Waals surface area contributed by atoms with Crippen molar-refractivity contribution in [1.82, 2.24) is 5.01 Å². The fourth-order valence-electron chi connectivity index (χ4n) is 4.73. The number of methoxy groups -OCH3 is 1. The first-order valence-electron chi connectivity index (χ1n) is 14.0. The maximum atomic E-state index is 13.4. The molecular weight excluding hydrogens is 544 g/mol. The van der Waals surface area contributed by atoms with E-state index in [4.69, 9.17) is 9.47 Å². The summed E-state index contributed by atoms with van der Waals surface area (Å²) in [5, 5.41) is 11.8. The Balaban J connectivity index is 1.28. The van der Waals surface area contributed by atoms with E-state index in [2.05, 4.69) is 15.7 Å². The lowest BCUT2D eigenvalue weighted by molar-refractivity contribution is 0.0751. The van der Waals surface area contributed by atoms with Gasteiger partial charge in [-0.2, -0.15) is 5.10 Å². The minimum atomic E-state index is -0.372. The van der Waals surface area contributed by atoms with Gasteiger partial charge in [-0.25, -0.2) is 5.01 Å². The van der Waals surface area contributed by atoms with E-state index in [1.54, 1.807) is 79.9 Å². The average Bonchev–Trinajstić information content (AvgIpc) is 3.05. The van der Waals surface area contributed by atoms with Gasteiger partial charge in [-0.1, -0.05) is 30.3 Å². The van der Waals surface area contributed by atoms with E-state index in [1.165, 1.54) is 5.01 Å². The van der Waals surface area contributed by atoms with Crippen LogP contribution in [0.1, 0.15) is 56.4 Å². The Kier molecular flexibility index (Phi) is 9.11. The summed E-state index contributed by atoms with van der Waals surface area (Å²) >= 11 is 0. The molecule has 0 saturated carbocycles. The van der Waals surface area contributed by atoms with Crippen molar-refractivity contribution in [2.24, 2.45) is 5.10 Å². The zero-order valence-electron chi connectivity index (χ0n) is 24.0. The highest BCUT2D eigenvalue weighted by atomic mass is 16.5. The number of amides is 3. The third-order valence-corrected chi connectivity index (χ3v) is 6.84.